The third kappa shape index (κ3) is 2.34. The van der Waals surface area contributed by atoms with Crippen molar-refractivity contribution in [1.29, 1.82) is 0 Å². The maximum atomic E-state index is 6.37. The molecule has 0 bridgehead atoms. The highest BCUT2D eigenvalue weighted by atomic mass is 35.5. The molecule has 1 atom stereocenters. The Kier molecular flexibility index (Phi) is 3.32. The van der Waals surface area contributed by atoms with Crippen LogP contribution >= 0.6 is 11.6 Å². The fourth-order valence-corrected chi connectivity index (χ4v) is 2.42. The van der Waals surface area contributed by atoms with Gasteiger partial charge in [-0.05, 0) is 43.7 Å². The van der Waals surface area contributed by atoms with Crippen molar-refractivity contribution in [2.45, 2.75) is 19.8 Å². The minimum absolute atomic E-state index is 0.0208. The van der Waals surface area contributed by atoms with Gasteiger partial charge in [-0.2, -0.15) is 4.98 Å². The fraction of sp³-hybridized carbons (Fsp3) is 0.200. The second-order valence-electron chi connectivity index (χ2n) is 4.70. The number of hydrogen-bond donors (Lipinski definition) is 0. The van der Waals surface area contributed by atoms with Crippen molar-refractivity contribution < 1.29 is 4.52 Å². The number of benzene rings is 1. The molecular weight excluding hydrogens is 274 g/mol. The first-order valence-electron chi connectivity index (χ1n) is 6.38. The Hall–Kier alpha value is -2.07. The molecule has 3 rings (SSSR count). The zero-order chi connectivity index (χ0) is 14.1. The number of halogens is 1. The van der Waals surface area contributed by atoms with Gasteiger partial charge in [0.1, 0.15) is 0 Å². The maximum Gasteiger partial charge on any atom is 0.233 e. The first kappa shape index (κ1) is 12.9. The van der Waals surface area contributed by atoms with Crippen LogP contribution < -0.4 is 0 Å². The first-order valence-corrected chi connectivity index (χ1v) is 6.76. The molecule has 0 N–H and O–H groups in total. The van der Waals surface area contributed by atoms with Gasteiger partial charge in [0.05, 0.1) is 16.6 Å². The van der Waals surface area contributed by atoms with E-state index in [0.29, 0.717) is 16.7 Å². The molecule has 0 aliphatic rings. The zero-order valence-corrected chi connectivity index (χ0v) is 12.0. The SMILES string of the molecule is Cc1noc(C(C)c2ccc(-n3cccc3)c(Cl)c2)n1. The number of rotatable bonds is 3. The Morgan fingerprint density at radius 3 is 2.60 bits per heavy atom. The normalized spacial score (nSPS) is 12.6. The highest BCUT2D eigenvalue weighted by Gasteiger charge is 2.16. The summed E-state index contributed by atoms with van der Waals surface area (Å²) in [5, 5.41) is 4.52. The second-order valence-corrected chi connectivity index (χ2v) is 5.11. The summed E-state index contributed by atoms with van der Waals surface area (Å²) in [7, 11) is 0. The molecule has 2 heterocycles. The van der Waals surface area contributed by atoms with Gasteiger partial charge in [-0.15, -0.1) is 0 Å². The Labute approximate surface area is 122 Å². The van der Waals surface area contributed by atoms with E-state index in [1.807, 2.05) is 61.1 Å². The summed E-state index contributed by atoms with van der Waals surface area (Å²) in [6.07, 6.45) is 3.93. The number of nitrogens with zero attached hydrogens (tertiary/aromatic N) is 3. The van der Waals surface area contributed by atoms with Crippen molar-refractivity contribution in [2.75, 3.05) is 0 Å². The molecule has 3 aromatic rings. The van der Waals surface area contributed by atoms with Crippen molar-refractivity contribution in [3.05, 3.63) is 65.0 Å². The van der Waals surface area contributed by atoms with Crippen molar-refractivity contribution in [3.8, 4) is 5.69 Å². The third-order valence-electron chi connectivity index (χ3n) is 3.27. The molecule has 4 nitrogen and oxygen atoms in total. The molecule has 0 radical (unpaired) electrons. The Bertz CT molecular complexity index is 719. The molecule has 1 unspecified atom stereocenters. The van der Waals surface area contributed by atoms with Crippen molar-refractivity contribution in [2.24, 2.45) is 0 Å². The van der Waals surface area contributed by atoms with Crippen LogP contribution in [0, 0.1) is 6.92 Å². The number of hydrogen-bond acceptors (Lipinski definition) is 3. The number of aromatic nitrogens is 3. The molecule has 1 aromatic carbocycles. The summed E-state index contributed by atoms with van der Waals surface area (Å²) >= 11 is 6.37. The maximum absolute atomic E-state index is 6.37. The van der Waals surface area contributed by atoms with E-state index in [1.165, 1.54) is 0 Å². The summed E-state index contributed by atoms with van der Waals surface area (Å²) in [6, 6.07) is 9.91. The average molecular weight is 288 g/mol. The lowest BCUT2D eigenvalue weighted by molar-refractivity contribution is 0.367. The Morgan fingerprint density at radius 2 is 2.00 bits per heavy atom. The quantitative estimate of drug-likeness (QED) is 0.732. The van der Waals surface area contributed by atoms with E-state index < -0.39 is 0 Å². The Balaban J connectivity index is 1.94. The minimum atomic E-state index is 0.0208. The van der Waals surface area contributed by atoms with Crippen molar-refractivity contribution >= 4 is 11.6 Å². The van der Waals surface area contributed by atoms with Crippen LogP contribution in [0.15, 0.2) is 47.2 Å². The van der Waals surface area contributed by atoms with Gasteiger partial charge in [0, 0.05) is 12.4 Å². The van der Waals surface area contributed by atoms with E-state index in [2.05, 4.69) is 10.1 Å². The van der Waals surface area contributed by atoms with Crippen LogP contribution in [0.1, 0.15) is 30.1 Å². The summed E-state index contributed by atoms with van der Waals surface area (Å²) in [4.78, 5) is 4.26. The van der Waals surface area contributed by atoms with Gasteiger partial charge in [0.15, 0.2) is 5.82 Å². The van der Waals surface area contributed by atoms with E-state index in [1.54, 1.807) is 0 Å². The van der Waals surface area contributed by atoms with Gasteiger partial charge in [0.25, 0.3) is 0 Å². The van der Waals surface area contributed by atoms with E-state index in [9.17, 15) is 0 Å². The standard InChI is InChI=1S/C15H14ClN3O/c1-10(15-17-11(2)18-20-15)12-5-6-14(13(16)9-12)19-7-3-4-8-19/h3-10H,1-2H3. The molecule has 5 heteroatoms. The zero-order valence-electron chi connectivity index (χ0n) is 11.2. The third-order valence-corrected chi connectivity index (χ3v) is 3.57. The smallest absolute Gasteiger partial charge is 0.233 e. The molecular formula is C15H14ClN3O. The van der Waals surface area contributed by atoms with Crippen LogP contribution in [0.3, 0.4) is 0 Å². The summed E-state index contributed by atoms with van der Waals surface area (Å²) < 4.78 is 7.19. The van der Waals surface area contributed by atoms with Crippen LogP contribution in [0.25, 0.3) is 5.69 Å². The average Bonchev–Trinajstić information content (AvgIpc) is 3.09. The highest BCUT2D eigenvalue weighted by Crippen LogP contribution is 2.28. The summed E-state index contributed by atoms with van der Waals surface area (Å²) in [5.74, 6) is 1.27. The molecule has 0 saturated heterocycles. The second kappa shape index (κ2) is 5.13. The van der Waals surface area contributed by atoms with Gasteiger partial charge in [-0.3, -0.25) is 0 Å². The van der Waals surface area contributed by atoms with Crippen molar-refractivity contribution in [3.63, 3.8) is 0 Å². The van der Waals surface area contributed by atoms with Crippen molar-refractivity contribution in [1.82, 2.24) is 14.7 Å². The lowest BCUT2D eigenvalue weighted by atomic mass is 10.0. The molecule has 20 heavy (non-hydrogen) atoms. The van der Waals surface area contributed by atoms with Crippen LogP contribution in [-0.2, 0) is 0 Å². The van der Waals surface area contributed by atoms with Crippen LogP contribution in [-0.4, -0.2) is 14.7 Å². The molecule has 0 aliphatic carbocycles. The van der Waals surface area contributed by atoms with E-state index in [-0.39, 0.29) is 5.92 Å². The lowest BCUT2D eigenvalue weighted by Crippen LogP contribution is -1.98. The van der Waals surface area contributed by atoms with Crippen LogP contribution in [0.5, 0.6) is 0 Å². The predicted octanol–water partition coefficient (Wildman–Crippen LogP) is 3.97. The molecule has 2 aromatic heterocycles. The van der Waals surface area contributed by atoms with Gasteiger partial charge in [-0.1, -0.05) is 22.8 Å². The minimum Gasteiger partial charge on any atom is -0.339 e. The van der Waals surface area contributed by atoms with E-state index in [4.69, 9.17) is 16.1 Å². The molecule has 0 aliphatic heterocycles. The molecule has 0 saturated carbocycles. The summed E-state index contributed by atoms with van der Waals surface area (Å²) in [5.41, 5.74) is 2.00. The fourth-order valence-electron chi connectivity index (χ4n) is 2.13. The van der Waals surface area contributed by atoms with Crippen LogP contribution in [0.4, 0.5) is 0 Å². The highest BCUT2D eigenvalue weighted by molar-refractivity contribution is 6.32. The molecule has 0 amide bonds. The van der Waals surface area contributed by atoms with Crippen LogP contribution in [0.2, 0.25) is 5.02 Å². The molecule has 102 valence electrons. The first-order chi connectivity index (χ1) is 9.65. The van der Waals surface area contributed by atoms with Gasteiger partial charge in [0.2, 0.25) is 5.89 Å². The van der Waals surface area contributed by atoms with Gasteiger partial charge in [-0.25, -0.2) is 0 Å². The molecule has 0 fully saturated rings. The number of aryl methyl sites for hydroxylation is 1. The monoisotopic (exact) mass is 287 g/mol. The van der Waals surface area contributed by atoms with Gasteiger partial charge >= 0.3 is 0 Å². The van der Waals surface area contributed by atoms with E-state index in [0.717, 1.165) is 11.3 Å². The Morgan fingerprint density at radius 1 is 1.25 bits per heavy atom. The van der Waals surface area contributed by atoms with Gasteiger partial charge < -0.3 is 9.09 Å². The molecule has 0 spiro atoms. The largest absolute Gasteiger partial charge is 0.339 e. The summed E-state index contributed by atoms with van der Waals surface area (Å²) in [6.45, 7) is 3.83. The topological polar surface area (TPSA) is 43.9 Å². The van der Waals surface area contributed by atoms with E-state index >= 15 is 0 Å². The lowest BCUT2D eigenvalue weighted by Gasteiger charge is -2.11. The predicted molar refractivity (Wildman–Crippen MR) is 77.3 cm³/mol.